The number of hydrogen-bond donors (Lipinski definition) is 0. The van der Waals surface area contributed by atoms with E-state index in [2.05, 4.69) is 30.3 Å². The van der Waals surface area contributed by atoms with E-state index < -0.39 is 11.3 Å². The quantitative estimate of drug-likeness (QED) is 0.274. The Morgan fingerprint density at radius 3 is 2.41 bits per heavy atom. The zero-order valence-corrected chi connectivity index (χ0v) is 23.4. The van der Waals surface area contributed by atoms with Gasteiger partial charge in [0.25, 0.3) is 0 Å². The summed E-state index contributed by atoms with van der Waals surface area (Å²) in [4.78, 5) is 35.2. The lowest BCUT2D eigenvalue weighted by Gasteiger charge is -2.51. The first-order chi connectivity index (χ1) is 19.9. The number of nitriles is 1. The molecule has 0 N–H and O–H groups in total. The minimum Gasteiger partial charge on any atom is -0.465 e. The van der Waals surface area contributed by atoms with E-state index in [1.165, 1.54) is 7.11 Å². The molecule has 1 fully saturated rings. The summed E-state index contributed by atoms with van der Waals surface area (Å²) in [6.07, 6.45) is 2.01. The Kier molecular flexibility index (Phi) is 6.75. The van der Waals surface area contributed by atoms with Crippen molar-refractivity contribution < 1.29 is 14.3 Å². The predicted molar refractivity (Wildman–Crippen MR) is 156 cm³/mol. The van der Waals surface area contributed by atoms with E-state index >= 15 is 0 Å². The van der Waals surface area contributed by atoms with Crippen molar-refractivity contribution in [2.24, 2.45) is 17.8 Å². The number of esters is 1. The summed E-state index contributed by atoms with van der Waals surface area (Å²) in [7, 11) is 1.38. The van der Waals surface area contributed by atoms with Gasteiger partial charge in [0.05, 0.1) is 30.1 Å². The number of aryl methyl sites for hydroxylation is 1. The number of nitrogens with zero attached hydrogens (tertiary/aromatic N) is 3. The van der Waals surface area contributed by atoms with Crippen LogP contribution in [0.25, 0.3) is 22.4 Å². The number of methoxy groups -OCH3 is 1. The highest BCUT2D eigenvalue weighted by atomic mass is 16.5. The Morgan fingerprint density at radius 1 is 0.976 bits per heavy atom. The molecule has 0 amide bonds. The molecule has 0 radical (unpaired) electrons. The van der Waals surface area contributed by atoms with Crippen LogP contribution in [-0.4, -0.2) is 28.8 Å². The largest absolute Gasteiger partial charge is 0.465 e. The van der Waals surface area contributed by atoms with Gasteiger partial charge in [0.15, 0.2) is 5.78 Å². The maximum absolute atomic E-state index is 13.2. The van der Waals surface area contributed by atoms with Crippen LogP contribution in [0.4, 0.5) is 0 Å². The van der Waals surface area contributed by atoms with E-state index in [9.17, 15) is 14.9 Å². The lowest BCUT2D eigenvalue weighted by Crippen LogP contribution is -2.53. The van der Waals surface area contributed by atoms with Crippen LogP contribution in [-0.2, 0) is 21.4 Å². The van der Waals surface area contributed by atoms with Crippen LogP contribution in [0.1, 0.15) is 52.8 Å². The molecular weight excluding hydrogens is 510 g/mol. The van der Waals surface area contributed by atoms with Crippen LogP contribution in [0.3, 0.4) is 0 Å². The zero-order valence-electron chi connectivity index (χ0n) is 23.4. The van der Waals surface area contributed by atoms with Gasteiger partial charge in [-0.2, -0.15) is 5.26 Å². The number of carbonyl (C=O) groups is 2. The number of fused-ring (bicyclic) bond motifs is 3. The molecule has 1 heterocycles. The Hall–Kier alpha value is -4.63. The molecule has 2 aliphatic rings. The second-order valence-corrected chi connectivity index (χ2v) is 11.2. The average molecular weight is 542 g/mol. The second kappa shape index (κ2) is 10.4. The molecule has 6 rings (SSSR count). The first-order valence-corrected chi connectivity index (χ1v) is 14.0. The second-order valence-electron chi connectivity index (χ2n) is 11.2. The van der Waals surface area contributed by atoms with Crippen molar-refractivity contribution in [2.45, 2.75) is 38.5 Å². The highest BCUT2D eigenvalue weighted by Gasteiger charge is 2.56. The van der Waals surface area contributed by atoms with Crippen LogP contribution in [0.5, 0.6) is 0 Å². The molecular formula is C35H31N3O3. The summed E-state index contributed by atoms with van der Waals surface area (Å²) in [6, 6.07) is 28.3. The van der Waals surface area contributed by atoms with Crippen molar-refractivity contribution in [3.8, 4) is 28.5 Å². The first kappa shape index (κ1) is 26.6. The van der Waals surface area contributed by atoms with Gasteiger partial charge in [0, 0.05) is 22.5 Å². The van der Waals surface area contributed by atoms with Crippen LogP contribution in [0.2, 0.25) is 0 Å². The van der Waals surface area contributed by atoms with Crippen molar-refractivity contribution in [1.29, 1.82) is 5.26 Å². The van der Waals surface area contributed by atoms with Crippen molar-refractivity contribution in [2.75, 3.05) is 7.11 Å². The fourth-order valence-corrected chi connectivity index (χ4v) is 7.10. The third-order valence-corrected chi connectivity index (χ3v) is 9.02. The SMILES string of the molecule is COC(=O)c1ccc(-c2cccc(-c3nc(C)nc4c3CC[C@H]3[C@H](C)C(=O)C(C#N)C[C@]43c3ccccc3)c2)cc1. The summed E-state index contributed by atoms with van der Waals surface area (Å²) < 4.78 is 4.84. The highest BCUT2D eigenvalue weighted by Crippen LogP contribution is 2.56. The first-order valence-electron chi connectivity index (χ1n) is 14.0. The molecule has 1 aromatic heterocycles. The fourth-order valence-electron chi connectivity index (χ4n) is 7.10. The van der Waals surface area contributed by atoms with Crippen molar-refractivity contribution in [3.05, 3.63) is 107 Å². The number of ether oxygens (including phenoxy) is 1. The van der Waals surface area contributed by atoms with E-state index in [-0.39, 0.29) is 23.6 Å². The maximum atomic E-state index is 13.2. The fraction of sp³-hybridized carbons (Fsp3) is 0.286. The molecule has 3 aromatic carbocycles. The predicted octanol–water partition coefficient (Wildman–Crippen LogP) is 6.50. The molecule has 0 spiro atoms. The summed E-state index contributed by atoms with van der Waals surface area (Å²) in [6.45, 7) is 3.91. The number of carbonyl (C=O) groups excluding carboxylic acids is 2. The number of ketones is 1. The van der Waals surface area contributed by atoms with Gasteiger partial charge in [-0.05, 0) is 67.0 Å². The monoisotopic (exact) mass is 541 g/mol. The molecule has 4 aromatic rings. The lowest BCUT2D eigenvalue weighted by atomic mass is 9.50. The number of aromatic nitrogens is 2. The van der Waals surface area contributed by atoms with E-state index in [1.54, 1.807) is 12.1 Å². The van der Waals surface area contributed by atoms with Crippen LogP contribution in [0.15, 0.2) is 78.9 Å². The summed E-state index contributed by atoms with van der Waals surface area (Å²) in [5, 5.41) is 10.0. The summed E-state index contributed by atoms with van der Waals surface area (Å²) in [5.41, 5.74) is 6.98. The lowest BCUT2D eigenvalue weighted by molar-refractivity contribution is -0.131. The van der Waals surface area contributed by atoms with E-state index in [0.29, 0.717) is 17.8 Å². The summed E-state index contributed by atoms with van der Waals surface area (Å²) >= 11 is 0. The van der Waals surface area contributed by atoms with Gasteiger partial charge in [0.2, 0.25) is 0 Å². The zero-order chi connectivity index (χ0) is 28.7. The van der Waals surface area contributed by atoms with E-state index in [0.717, 1.165) is 52.0 Å². The normalized spacial score (nSPS) is 23.2. The molecule has 4 atom stereocenters. The van der Waals surface area contributed by atoms with Crippen LogP contribution in [0, 0.1) is 36.0 Å². The van der Waals surface area contributed by atoms with Gasteiger partial charge < -0.3 is 4.74 Å². The molecule has 0 bridgehead atoms. The third-order valence-electron chi connectivity index (χ3n) is 9.02. The molecule has 204 valence electrons. The van der Waals surface area contributed by atoms with E-state index in [1.807, 2.05) is 56.3 Å². The van der Waals surface area contributed by atoms with E-state index in [4.69, 9.17) is 14.7 Å². The number of Topliss-reactive ketones (excluding diaryl/α,β-unsaturated/α-hetero) is 1. The topological polar surface area (TPSA) is 92.9 Å². The Labute approximate surface area is 240 Å². The van der Waals surface area contributed by atoms with Gasteiger partial charge in [-0.1, -0.05) is 67.6 Å². The number of rotatable bonds is 4. The Bertz CT molecular complexity index is 1690. The molecule has 1 saturated carbocycles. The molecule has 41 heavy (non-hydrogen) atoms. The minimum atomic E-state index is -0.678. The molecule has 0 saturated heterocycles. The number of benzene rings is 3. The summed E-state index contributed by atoms with van der Waals surface area (Å²) in [5.74, 6) is -0.517. The van der Waals surface area contributed by atoms with Crippen molar-refractivity contribution in [1.82, 2.24) is 9.97 Å². The molecule has 1 unspecified atom stereocenters. The van der Waals surface area contributed by atoms with Gasteiger partial charge in [-0.25, -0.2) is 14.8 Å². The van der Waals surface area contributed by atoms with Crippen LogP contribution >= 0.6 is 0 Å². The standard InChI is InChI=1S/C35H31N3O3/c1-21-30-17-16-29-31(26-9-7-8-25(18-26)23-12-14-24(15-13-23)34(40)41-3)37-22(2)38-33(29)35(30,19-27(20-36)32(21)39)28-10-5-4-6-11-28/h4-15,18,21,27,30H,16-17,19H2,1-3H3/t21-,27?,30-,35+/m0/s1. The molecule has 6 nitrogen and oxygen atoms in total. The van der Waals surface area contributed by atoms with Gasteiger partial charge in [-0.3, -0.25) is 4.79 Å². The number of hydrogen-bond acceptors (Lipinski definition) is 6. The minimum absolute atomic E-state index is 0.0458. The molecule has 6 heteroatoms. The van der Waals surface area contributed by atoms with Crippen molar-refractivity contribution in [3.63, 3.8) is 0 Å². The Morgan fingerprint density at radius 2 is 1.71 bits per heavy atom. The average Bonchev–Trinajstić information content (AvgIpc) is 3.02. The highest BCUT2D eigenvalue weighted by molar-refractivity contribution is 5.90. The smallest absolute Gasteiger partial charge is 0.337 e. The third kappa shape index (κ3) is 4.33. The van der Waals surface area contributed by atoms with Gasteiger partial charge in [0.1, 0.15) is 11.7 Å². The molecule has 2 aliphatic carbocycles. The van der Waals surface area contributed by atoms with Crippen LogP contribution < -0.4 is 0 Å². The van der Waals surface area contributed by atoms with Gasteiger partial charge in [-0.15, -0.1) is 0 Å². The van der Waals surface area contributed by atoms with Crippen molar-refractivity contribution >= 4 is 11.8 Å². The van der Waals surface area contributed by atoms with Gasteiger partial charge >= 0.3 is 5.97 Å². The maximum Gasteiger partial charge on any atom is 0.337 e. The Balaban J connectivity index is 1.52. The molecule has 0 aliphatic heterocycles.